The molecule has 24 heavy (non-hydrogen) atoms. The van der Waals surface area contributed by atoms with E-state index in [1.54, 1.807) is 6.20 Å². The number of rotatable bonds is 7. The first-order valence-electron chi connectivity index (χ1n) is 9.17. The molecule has 1 aliphatic carbocycles. The largest absolute Gasteiger partial charge is 0.335 e. The van der Waals surface area contributed by atoms with Crippen molar-refractivity contribution in [2.75, 3.05) is 27.2 Å². The summed E-state index contributed by atoms with van der Waals surface area (Å²) in [6.07, 6.45) is 9.56. The van der Waals surface area contributed by atoms with Gasteiger partial charge in [0.25, 0.3) is 0 Å². The van der Waals surface area contributed by atoms with Crippen molar-refractivity contribution in [3.63, 3.8) is 0 Å². The van der Waals surface area contributed by atoms with Gasteiger partial charge in [0.05, 0.1) is 0 Å². The second-order valence-electron chi connectivity index (χ2n) is 7.16. The number of likely N-dealkylation sites (N-methyl/N-ethyl adjacent to an activating group) is 1. The van der Waals surface area contributed by atoms with Crippen molar-refractivity contribution in [3.05, 3.63) is 30.1 Å². The van der Waals surface area contributed by atoms with E-state index >= 15 is 0 Å². The summed E-state index contributed by atoms with van der Waals surface area (Å²) < 4.78 is 0. The molecule has 2 amide bonds. The zero-order chi connectivity index (χ0) is 17.4. The number of nitrogens with one attached hydrogen (secondary N) is 1. The Balaban J connectivity index is 1.91. The fourth-order valence-corrected chi connectivity index (χ4v) is 3.27. The molecule has 1 aromatic heterocycles. The first kappa shape index (κ1) is 18.7. The Labute approximate surface area is 146 Å². The number of carbonyl (C=O) groups excluding carboxylic acids is 1. The van der Waals surface area contributed by atoms with E-state index in [-0.39, 0.29) is 6.03 Å². The molecule has 1 saturated carbocycles. The highest BCUT2D eigenvalue weighted by Crippen LogP contribution is 2.26. The molecular weight excluding hydrogens is 300 g/mol. The van der Waals surface area contributed by atoms with Crippen molar-refractivity contribution in [1.82, 2.24) is 20.1 Å². The second kappa shape index (κ2) is 9.62. The standard InChI is InChI=1S/C19H32N4O/c1-4-16-7-9-18(10-8-16)21-19(24)23(13-12-22(2)3)15-17-6-5-11-20-14-17/h5-6,11,14,16,18H,4,7-10,12-13,15H2,1-3H3,(H,21,24). The fraction of sp³-hybridized carbons (Fsp3) is 0.684. The van der Waals surface area contributed by atoms with Crippen LogP contribution >= 0.6 is 0 Å². The molecule has 1 heterocycles. The first-order chi connectivity index (χ1) is 11.6. The SMILES string of the molecule is CCC1CCC(NC(=O)N(CCN(C)C)Cc2cccnc2)CC1. The summed E-state index contributed by atoms with van der Waals surface area (Å²) in [4.78, 5) is 20.9. The summed E-state index contributed by atoms with van der Waals surface area (Å²) in [6, 6.07) is 4.33. The molecule has 0 aliphatic heterocycles. The molecule has 0 aromatic carbocycles. The summed E-state index contributed by atoms with van der Waals surface area (Å²) in [5.41, 5.74) is 1.07. The lowest BCUT2D eigenvalue weighted by molar-refractivity contribution is 0.178. The molecule has 0 saturated heterocycles. The van der Waals surface area contributed by atoms with Gasteiger partial charge in [-0.1, -0.05) is 19.4 Å². The molecule has 5 nitrogen and oxygen atoms in total. The van der Waals surface area contributed by atoms with Gasteiger partial charge in [-0.15, -0.1) is 0 Å². The maximum atomic E-state index is 12.8. The second-order valence-corrected chi connectivity index (χ2v) is 7.16. The van der Waals surface area contributed by atoms with Gasteiger partial charge in [0.15, 0.2) is 0 Å². The highest BCUT2D eigenvalue weighted by molar-refractivity contribution is 5.74. The summed E-state index contributed by atoms with van der Waals surface area (Å²) in [5, 5.41) is 3.26. The molecule has 1 N–H and O–H groups in total. The highest BCUT2D eigenvalue weighted by atomic mass is 16.2. The van der Waals surface area contributed by atoms with Crippen LogP contribution in [0.3, 0.4) is 0 Å². The molecule has 134 valence electrons. The number of amides is 2. The summed E-state index contributed by atoms with van der Waals surface area (Å²) >= 11 is 0. The van der Waals surface area contributed by atoms with Gasteiger partial charge in [0.2, 0.25) is 0 Å². The number of urea groups is 1. The number of nitrogens with zero attached hydrogens (tertiary/aromatic N) is 3. The van der Waals surface area contributed by atoms with Gasteiger partial charge < -0.3 is 15.1 Å². The predicted molar refractivity (Wildman–Crippen MR) is 97.8 cm³/mol. The zero-order valence-electron chi connectivity index (χ0n) is 15.4. The topological polar surface area (TPSA) is 48.5 Å². The first-order valence-corrected chi connectivity index (χ1v) is 9.17. The molecule has 1 aliphatic rings. The van der Waals surface area contributed by atoms with E-state index in [4.69, 9.17) is 0 Å². The smallest absolute Gasteiger partial charge is 0.317 e. The number of aromatic nitrogens is 1. The van der Waals surface area contributed by atoms with Crippen LogP contribution in [0.25, 0.3) is 0 Å². The minimum absolute atomic E-state index is 0.0562. The Kier molecular flexibility index (Phi) is 7.50. The minimum Gasteiger partial charge on any atom is -0.335 e. The van der Waals surface area contributed by atoms with Crippen LogP contribution in [0.5, 0.6) is 0 Å². The summed E-state index contributed by atoms with van der Waals surface area (Å²) in [5.74, 6) is 0.846. The molecule has 0 unspecified atom stereocenters. The van der Waals surface area contributed by atoms with Gasteiger partial charge in [-0.3, -0.25) is 4.98 Å². The lowest BCUT2D eigenvalue weighted by Crippen LogP contribution is -2.47. The van der Waals surface area contributed by atoms with Crippen LogP contribution in [-0.4, -0.2) is 54.0 Å². The average molecular weight is 332 g/mol. The lowest BCUT2D eigenvalue weighted by Gasteiger charge is -2.31. The number of hydrogen-bond acceptors (Lipinski definition) is 3. The molecule has 0 spiro atoms. The van der Waals surface area contributed by atoms with E-state index in [0.717, 1.165) is 37.4 Å². The van der Waals surface area contributed by atoms with Crippen LogP contribution < -0.4 is 5.32 Å². The van der Waals surface area contributed by atoms with Gasteiger partial charge in [-0.05, 0) is 57.3 Å². The number of carbonyl (C=O) groups is 1. The van der Waals surface area contributed by atoms with Gasteiger partial charge in [0.1, 0.15) is 0 Å². The number of pyridine rings is 1. The molecule has 1 fully saturated rings. The Morgan fingerprint density at radius 3 is 2.58 bits per heavy atom. The molecule has 0 radical (unpaired) electrons. The maximum Gasteiger partial charge on any atom is 0.317 e. The summed E-state index contributed by atoms with van der Waals surface area (Å²) in [7, 11) is 4.07. The molecule has 0 bridgehead atoms. The van der Waals surface area contributed by atoms with Crippen LogP contribution in [-0.2, 0) is 6.54 Å². The van der Waals surface area contributed by atoms with Gasteiger partial charge in [-0.2, -0.15) is 0 Å². The average Bonchev–Trinajstić information content (AvgIpc) is 2.60. The Morgan fingerprint density at radius 1 is 1.25 bits per heavy atom. The van der Waals surface area contributed by atoms with Crippen molar-refractivity contribution >= 4 is 6.03 Å². The molecule has 0 atom stereocenters. The van der Waals surface area contributed by atoms with Crippen molar-refractivity contribution in [2.24, 2.45) is 5.92 Å². The van der Waals surface area contributed by atoms with E-state index < -0.39 is 0 Å². The predicted octanol–water partition coefficient (Wildman–Crippen LogP) is 3.12. The van der Waals surface area contributed by atoms with E-state index in [9.17, 15) is 4.79 Å². The van der Waals surface area contributed by atoms with Crippen LogP contribution in [0.2, 0.25) is 0 Å². The van der Waals surface area contributed by atoms with E-state index in [1.165, 1.54) is 19.3 Å². The van der Waals surface area contributed by atoms with Crippen molar-refractivity contribution in [1.29, 1.82) is 0 Å². The lowest BCUT2D eigenvalue weighted by atomic mass is 9.84. The molecule has 1 aromatic rings. The van der Waals surface area contributed by atoms with Gasteiger partial charge in [0, 0.05) is 38.1 Å². The van der Waals surface area contributed by atoms with Crippen LogP contribution in [0.1, 0.15) is 44.6 Å². The maximum absolute atomic E-state index is 12.8. The highest BCUT2D eigenvalue weighted by Gasteiger charge is 2.23. The van der Waals surface area contributed by atoms with Crippen molar-refractivity contribution in [3.8, 4) is 0 Å². The third kappa shape index (κ3) is 6.11. The van der Waals surface area contributed by atoms with Crippen molar-refractivity contribution in [2.45, 2.75) is 51.6 Å². The van der Waals surface area contributed by atoms with Crippen LogP contribution in [0.4, 0.5) is 4.79 Å². The number of hydrogen-bond donors (Lipinski definition) is 1. The fourth-order valence-electron chi connectivity index (χ4n) is 3.27. The normalized spacial score (nSPS) is 20.8. The van der Waals surface area contributed by atoms with Crippen LogP contribution in [0.15, 0.2) is 24.5 Å². The van der Waals surface area contributed by atoms with Crippen molar-refractivity contribution < 1.29 is 4.79 Å². The third-order valence-electron chi connectivity index (χ3n) is 4.95. The minimum atomic E-state index is 0.0562. The van der Waals surface area contributed by atoms with Gasteiger partial charge >= 0.3 is 6.03 Å². The zero-order valence-corrected chi connectivity index (χ0v) is 15.4. The van der Waals surface area contributed by atoms with Crippen LogP contribution in [0, 0.1) is 5.92 Å². The van der Waals surface area contributed by atoms with E-state index in [2.05, 4.69) is 22.1 Å². The molecule has 2 rings (SSSR count). The monoisotopic (exact) mass is 332 g/mol. The summed E-state index contributed by atoms with van der Waals surface area (Å²) in [6.45, 7) is 4.45. The molecule has 5 heteroatoms. The van der Waals surface area contributed by atoms with E-state index in [1.807, 2.05) is 37.3 Å². The van der Waals surface area contributed by atoms with Gasteiger partial charge in [-0.25, -0.2) is 4.79 Å². The Bertz CT molecular complexity index is 483. The third-order valence-corrected chi connectivity index (χ3v) is 4.95. The van der Waals surface area contributed by atoms with E-state index in [0.29, 0.717) is 12.6 Å². The Hall–Kier alpha value is -1.62. The molecular formula is C19H32N4O. The quantitative estimate of drug-likeness (QED) is 0.834. The Morgan fingerprint density at radius 2 is 2.00 bits per heavy atom.